The number of carbonyl (C=O) groups excluding carboxylic acids is 3. The van der Waals surface area contributed by atoms with Gasteiger partial charge in [-0.15, -0.1) is 0 Å². The Morgan fingerprint density at radius 2 is 1.83 bits per heavy atom. The fourth-order valence-corrected chi connectivity index (χ4v) is 10.0. The standard InChI is InChI=1S/C27H30O9/c1-23(2)18-17(35-4)16(30)15-10(19(31)26(18)8-13(28)20(23)36-26)5-6-24(3)25(12-7-11(12)21(32)33)9-14(29)27(15,24)22(25)34/h11-12,14,19-20,29,31H,5-9H2,1-4H3,(H,32,33)/t11-,12-,14+,19+,20+,24+,25?,26-,27?/m1/s1. The summed E-state index contributed by atoms with van der Waals surface area (Å²) in [6.45, 7) is 5.48. The summed E-state index contributed by atoms with van der Waals surface area (Å²) in [6, 6.07) is 0. The Kier molecular flexibility index (Phi) is 3.82. The zero-order chi connectivity index (χ0) is 26.0. The van der Waals surface area contributed by atoms with Crippen molar-refractivity contribution in [3.63, 3.8) is 0 Å². The van der Waals surface area contributed by atoms with E-state index in [1.165, 1.54) is 7.11 Å². The molecular weight excluding hydrogens is 468 g/mol. The minimum Gasteiger partial charge on any atom is -0.493 e. The van der Waals surface area contributed by atoms with E-state index in [1.807, 2.05) is 6.92 Å². The normalized spacial score (nSPS) is 51.5. The van der Waals surface area contributed by atoms with Crippen molar-refractivity contribution in [2.75, 3.05) is 7.11 Å². The predicted molar refractivity (Wildman–Crippen MR) is 120 cm³/mol. The summed E-state index contributed by atoms with van der Waals surface area (Å²) in [4.78, 5) is 53.2. The van der Waals surface area contributed by atoms with E-state index in [0.717, 1.165) is 0 Å². The average molecular weight is 499 g/mol. The molecule has 2 aliphatic heterocycles. The largest absolute Gasteiger partial charge is 0.493 e. The van der Waals surface area contributed by atoms with Crippen molar-refractivity contribution in [2.24, 2.45) is 33.5 Å². The number of ketones is 3. The van der Waals surface area contributed by atoms with Gasteiger partial charge in [-0.2, -0.15) is 0 Å². The van der Waals surface area contributed by atoms with E-state index in [-0.39, 0.29) is 48.1 Å². The van der Waals surface area contributed by atoms with Crippen LogP contribution in [-0.4, -0.2) is 69.7 Å². The summed E-state index contributed by atoms with van der Waals surface area (Å²) in [7, 11) is 1.36. The van der Waals surface area contributed by atoms with Crippen molar-refractivity contribution in [2.45, 2.75) is 76.8 Å². The summed E-state index contributed by atoms with van der Waals surface area (Å²) in [5.41, 5.74) is -4.90. The highest BCUT2D eigenvalue weighted by Crippen LogP contribution is 2.86. The monoisotopic (exact) mass is 498 g/mol. The lowest BCUT2D eigenvalue weighted by molar-refractivity contribution is -0.190. The van der Waals surface area contributed by atoms with Crippen LogP contribution in [0.1, 0.15) is 52.9 Å². The third-order valence-corrected chi connectivity index (χ3v) is 11.4. The minimum atomic E-state index is -1.55. The van der Waals surface area contributed by atoms with Crippen LogP contribution in [-0.2, 0) is 28.7 Å². The molecule has 3 N–H and O–H groups in total. The molecule has 0 radical (unpaired) electrons. The molecule has 9 heteroatoms. The first-order valence-electron chi connectivity index (χ1n) is 12.7. The summed E-state index contributed by atoms with van der Waals surface area (Å²) in [6.07, 6.45) is -2.27. The molecule has 4 saturated carbocycles. The summed E-state index contributed by atoms with van der Waals surface area (Å²) in [5, 5.41) is 33.0. The van der Waals surface area contributed by atoms with Gasteiger partial charge < -0.3 is 24.8 Å². The first-order valence-corrected chi connectivity index (χ1v) is 12.7. The number of methoxy groups -OCH3 is 1. The third-order valence-electron chi connectivity index (χ3n) is 11.4. The Morgan fingerprint density at radius 3 is 2.44 bits per heavy atom. The Morgan fingerprint density at radius 1 is 1.14 bits per heavy atom. The molecule has 8 rings (SSSR count). The van der Waals surface area contributed by atoms with Crippen LogP contribution >= 0.6 is 0 Å². The van der Waals surface area contributed by atoms with Gasteiger partial charge in [-0.1, -0.05) is 20.8 Å². The summed E-state index contributed by atoms with van der Waals surface area (Å²) >= 11 is 0. The second-order valence-corrected chi connectivity index (χ2v) is 12.7. The van der Waals surface area contributed by atoms with Gasteiger partial charge in [0, 0.05) is 33.8 Å². The van der Waals surface area contributed by atoms with Crippen molar-refractivity contribution in [1.82, 2.24) is 0 Å². The lowest BCUT2D eigenvalue weighted by atomic mass is 9.34. The number of fused-ring (bicyclic) bond motifs is 2. The highest BCUT2D eigenvalue weighted by atomic mass is 16.5. The fraction of sp³-hybridized carbons (Fsp3) is 0.704. The molecule has 0 amide bonds. The van der Waals surface area contributed by atoms with Crippen molar-refractivity contribution in [3.05, 3.63) is 22.5 Å². The second-order valence-electron chi connectivity index (χ2n) is 12.7. The minimum absolute atomic E-state index is 0.0306. The Labute approximate surface area is 207 Å². The van der Waals surface area contributed by atoms with Gasteiger partial charge in [0.2, 0.25) is 5.78 Å². The van der Waals surface area contributed by atoms with E-state index >= 15 is 0 Å². The highest BCUT2D eigenvalue weighted by Gasteiger charge is 2.92. The van der Waals surface area contributed by atoms with E-state index in [0.29, 0.717) is 24.0 Å². The molecule has 8 aliphatic rings. The summed E-state index contributed by atoms with van der Waals surface area (Å²) in [5.74, 6) is -2.98. The second kappa shape index (κ2) is 6.03. The van der Waals surface area contributed by atoms with Gasteiger partial charge in [0.25, 0.3) is 0 Å². The van der Waals surface area contributed by atoms with Gasteiger partial charge in [-0.05, 0) is 37.2 Å². The van der Waals surface area contributed by atoms with Crippen LogP contribution in [0.4, 0.5) is 0 Å². The van der Waals surface area contributed by atoms with Crippen molar-refractivity contribution < 1.29 is 44.0 Å². The summed E-state index contributed by atoms with van der Waals surface area (Å²) < 4.78 is 11.9. The van der Waals surface area contributed by atoms with Gasteiger partial charge in [0.15, 0.2) is 17.3 Å². The average Bonchev–Trinajstić information content (AvgIpc) is 3.37. The molecule has 2 saturated heterocycles. The lowest BCUT2D eigenvalue weighted by Gasteiger charge is -2.65. The van der Waals surface area contributed by atoms with Crippen LogP contribution in [0.25, 0.3) is 0 Å². The Bertz CT molecular complexity index is 1290. The van der Waals surface area contributed by atoms with Gasteiger partial charge in [0.1, 0.15) is 17.8 Å². The molecule has 4 bridgehead atoms. The molecule has 2 unspecified atom stereocenters. The number of allylic oxidation sites excluding steroid dienone is 1. The maximum absolute atomic E-state index is 14.4. The number of hydrogen-bond donors (Lipinski definition) is 3. The van der Waals surface area contributed by atoms with Gasteiger partial charge >= 0.3 is 5.97 Å². The molecule has 0 aromatic heterocycles. The van der Waals surface area contributed by atoms with Gasteiger partial charge in [-0.25, -0.2) is 0 Å². The topological polar surface area (TPSA) is 147 Å². The first kappa shape index (κ1) is 22.8. The molecular formula is C27H30O9. The number of rotatable bonds is 3. The SMILES string of the molecule is COC1=C2C(C)(C)[C@H]3O[C@@]2(CC3=O)[C@@H](O)C2=C(C1=O)C13C(=O)C([C@@H]4C[C@H]4C(=O)O)(C[C@@H]1O)[C@]3(C)CC2. The van der Waals surface area contributed by atoms with E-state index < -0.39 is 63.2 Å². The van der Waals surface area contributed by atoms with Gasteiger partial charge in [0.05, 0.1) is 24.5 Å². The molecule has 6 aliphatic carbocycles. The van der Waals surface area contributed by atoms with E-state index in [4.69, 9.17) is 9.47 Å². The van der Waals surface area contributed by atoms with E-state index in [2.05, 4.69) is 0 Å². The Balaban J connectivity index is 1.46. The van der Waals surface area contributed by atoms with Crippen LogP contribution in [0.3, 0.4) is 0 Å². The zero-order valence-corrected chi connectivity index (χ0v) is 20.7. The van der Waals surface area contributed by atoms with Crippen LogP contribution in [0, 0.1) is 33.5 Å². The number of Topliss-reactive ketones (excluding diaryl/α,β-unsaturated/α-hetero) is 3. The number of aliphatic carboxylic acids is 1. The van der Waals surface area contributed by atoms with Crippen molar-refractivity contribution >= 4 is 23.3 Å². The number of aliphatic hydroxyl groups excluding tert-OH is 2. The van der Waals surface area contributed by atoms with Crippen LogP contribution < -0.4 is 0 Å². The molecule has 192 valence electrons. The number of carbonyl (C=O) groups is 4. The lowest BCUT2D eigenvalue weighted by Crippen LogP contribution is -2.72. The number of ether oxygens (including phenoxy) is 2. The third kappa shape index (κ3) is 1.85. The first-order chi connectivity index (χ1) is 16.8. The van der Waals surface area contributed by atoms with Crippen molar-refractivity contribution in [3.8, 4) is 0 Å². The molecule has 6 fully saturated rings. The zero-order valence-electron chi connectivity index (χ0n) is 20.7. The molecule has 2 spiro atoms. The maximum atomic E-state index is 14.4. The van der Waals surface area contributed by atoms with Crippen molar-refractivity contribution in [1.29, 1.82) is 0 Å². The van der Waals surface area contributed by atoms with E-state index in [1.54, 1.807) is 13.8 Å². The molecule has 36 heavy (non-hydrogen) atoms. The Hall–Kier alpha value is -2.36. The number of hydrogen-bond acceptors (Lipinski definition) is 8. The van der Waals surface area contributed by atoms with Crippen LogP contribution in [0.5, 0.6) is 0 Å². The number of aliphatic hydroxyl groups is 2. The van der Waals surface area contributed by atoms with E-state index in [9.17, 15) is 34.5 Å². The molecule has 9 nitrogen and oxygen atoms in total. The quantitative estimate of drug-likeness (QED) is 0.520. The predicted octanol–water partition coefficient (Wildman–Crippen LogP) is 1.10. The van der Waals surface area contributed by atoms with Crippen LogP contribution in [0.2, 0.25) is 0 Å². The maximum Gasteiger partial charge on any atom is 0.306 e. The highest BCUT2D eigenvalue weighted by molar-refractivity contribution is 6.19. The molecule has 0 aromatic rings. The molecule has 2 heterocycles. The molecule has 9 atom stereocenters. The van der Waals surface area contributed by atoms with Crippen LogP contribution in [0.15, 0.2) is 22.5 Å². The smallest absolute Gasteiger partial charge is 0.306 e. The van der Waals surface area contributed by atoms with Gasteiger partial charge in [-0.3, -0.25) is 19.2 Å². The number of carboxylic acids is 1. The molecule has 0 aromatic carbocycles. The fourth-order valence-electron chi connectivity index (χ4n) is 10.0. The number of carboxylic acid groups (broad SMARTS) is 1.